The van der Waals surface area contributed by atoms with Gasteiger partial charge in [-0.2, -0.15) is 0 Å². The highest BCUT2D eigenvalue weighted by Gasteiger charge is 2.13. The largest absolute Gasteiger partial charge is 0.345 e. The number of hydrogen-bond donors (Lipinski definition) is 0. The Balaban J connectivity index is 2.32. The second-order valence-corrected chi connectivity index (χ2v) is 4.39. The molecule has 2 rings (SSSR count). The lowest BCUT2D eigenvalue weighted by molar-refractivity contribution is 0.0827. The molecule has 0 fully saturated rings. The molecule has 0 saturated heterocycles. The van der Waals surface area contributed by atoms with Crippen LogP contribution in [0, 0.1) is 0 Å². The van der Waals surface area contributed by atoms with Gasteiger partial charge in [0.2, 0.25) is 0 Å². The highest BCUT2D eigenvalue weighted by Crippen LogP contribution is 2.22. The van der Waals surface area contributed by atoms with Crippen LogP contribution in [0.2, 0.25) is 0 Å². The van der Waals surface area contributed by atoms with Gasteiger partial charge in [-0.3, -0.25) is 4.79 Å². The zero-order valence-electron chi connectivity index (χ0n) is 9.42. The first kappa shape index (κ1) is 10.2. The molecule has 1 aliphatic rings. The molecule has 0 radical (unpaired) electrons. The minimum absolute atomic E-state index is 0.100. The van der Waals surface area contributed by atoms with E-state index in [4.69, 9.17) is 0 Å². The van der Waals surface area contributed by atoms with E-state index in [0.717, 1.165) is 12.0 Å². The number of rotatable bonds is 1. The summed E-state index contributed by atoms with van der Waals surface area (Å²) in [6, 6.07) is 6.13. The zero-order valence-corrected chi connectivity index (χ0v) is 9.42. The van der Waals surface area contributed by atoms with Gasteiger partial charge in [0.05, 0.1) is 0 Å². The van der Waals surface area contributed by atoms with Crippen molar-refractivity contribution in [3.05, 3.63) is 34.9 Å². The molecule has 15 heavy (non-hydrogen) atoms. The summed E-state index contributed by atoms with van der Waals surface area (Å²) in [5.74, 6) is 0.100. The maximum absolute atomic E-state index is 11.8. The quantitative estimate of drug-likeness (QED) is 0.685. The lowest BCUT2D eigenvalue weighted by atomic mass is 9.90. The van der Waals surface area contributed by atoms with E-state index in [1.54, 1.807) is 19.0 Å². The molecule has 1 aliphatic carbocycles. The van der Waals surface area contributed by atoms with Crippen LogP contribution in [0.5, 0.6) is 0 Å². The summed E-state index contributed by atoms with van der Waals surface area (Å²) in [5, 5.41) is 0. The molecule has 0 aliphatic heterocycles. The lowest BCUT2D eigenvalue weighted by Crippen LogP contribution is -2.22. The lowest BCUT2D eigenvalue weighted by Gasteiger charge is -2.17. The maximum Gasteiger partial charge on any atom is 0.253 e. The average molecular weight is 203 g/mol. The molecule has 0 N–H and O–H groups in total. The van der Waals surface area contributed by atoms with Gasteiger partial charge in [0.15, 0.2) is 0 Å². The Hall–Kier alpha value is -1.31. The highest BCUT2D eigenvalue weighted by atomic mass is 16.2. The first-order chi connectivity index (χ1) is 7.18. The standard InChI is InChI=1S/C13H17NO/c1-14(2)13(15)12-8-7-10-5-3-4-6-11(10)9-12/h7-9H,3-6H2,1-2H3. The molecule has 80 valence electrons. The van der Waals surface area contributed by atoms with Crippen molar-refractivity contribution in [1.29, 1.82) is 0 Å². The van der Waals surface area contributed by atoms with E-state index in [1.165, 1.54) is 30.4 Å². The fraction of sp³-hybridized carbons (Fsp3) is 0.462. The Morgan fingerprint density at radius 3 is 2.47 bits per heavy atom. The Labute approximate surface area is 90.9 Å². The number of amides is 1. The number of benzene rings is 1. The minimum atomic E-state index is 0.100. The fourth-order valence-electron chi connectivity index (χ4n) is 2.12. The van der Waals surface area contributed by atoms with E-state index < -0.39 is 0 Å². The summed E-state index contributed by atoms with van der Waals surface area (Å²) >= 11 is 0. The van der Waals surface area contributed by atoms with Crippen LogP contribution in [0.25, 0.3) is 0 Å². The van der Waals surface area contributed by atoms with Crippen molar-refractivity contribution in [1.82, 2.24) is 4.90 Å². The molecule has 0 aromatic heterocycles. The van der Waals surface area contributed by atoms with Gasteiger partial charge in [-0.1, -0.05) is 6.07 Å². The highest BCUT2D eigenvalue weighted by molar-refractivity contribution is 5.94. The van der Waals surface area contributed by atoms with Crippen LogP contribution in [0.3, 0.4) is 0 Å². The van der Waals surface area contributed by atoms with Crippen molar-refractivity contribution in [2.75, 3.05) is 14.1 Å². The summed E-state index contributed by atoms with van der Waals surface area (Å²) in [6.07, 6.45) is 4.84. The fourth-order valence-corrected chi connectivity index (χ4v) is 2.12. The Morgan fingerprint density at radius 1 is 1.13 bits per heavy atom. The molecule has 2 nitrogen and oxygen atoms in total. The van der Waals surface area contributed by atoms with E-state index in [1.807, 2.05) is 6.07 Å². The molecule has 0 spiro atoms. The van der Waals surface area contributed by atoms with E-state index in [9.17, 15) is 4.79 Å². The molecule has 0 heterocycles. The minimum Gasteiger partial charge on any atom is -0.345 e. The molecule has 1 aromatic carbocycles. The van der Waals surface area contributed by atoms with Gasteiger partial charge in [-0.25, -0.2) is 0 Å². The van der Waals surface area contributed by atoms with Crippen molar-refractivity contribution >= 4 is 5.91 Å². The van der Waals surface area contributed by atoms with Crippen LogP contribution in [0.1, 0.15) is 34.3 Å². The third kappa shape index (κ3) is 2.04. The third-order valence-electron chi connectivity index (χ3n) is 3.00. The first-order valence-electron chi connectivity index (χ1n) is 5.52. The average Bonchev–Trinajstić information content (AvgIpc) is 2.27. The molecule has 0 unspecified atom stereocenters. The number of fused-ring (bicyclic) bond motifs is 1. The summed E-state index contributed by atoms with van der Waals surface area (Å²) in [6.45, 7) is 0. The summed E-state index contributed by atoms with van der Waals surface area (Å²) in [5.41, 5.74) is 3.62. The van der Waals surface area contributed by atoms with Gasteiger partial charge in [0.25, 0.3) is 5.91 Å². The topological polar surface area (TPSA) is 20.3 Å². The van der Waals surface area contributed by atoms with Crippen molar-refractivity contribution in [2.45, 2.75) is 25.7 Å². The molecule has 1 amide bonds. The maximum atomic E-state index is 11.8. The van der Waals surface area contributed by atoms with Crippen LogP contribution in [0.15, 0.2) is 18.2 Å². The van der Waals surface area contributed by atoms with Crippen LogP contribution in [-0.4, -0.2) is 24.9 Å². The summed E-state index contributed by atoms with van der Waals surface area (Å²) in [4.78, 5) is 13.4. The smallest absolute Gasteiger partial charge is 0.253 e. The summed E-state index contributed by atoms with van der Waals surface area (Å²) in [7, 11) is 3.59. The Kier molecular flexibility index (Phi) is 2.76. The SMILES string of the molecule is CN(C)C(=O)c1ccc2c(c1)CCCC2. The predicted octanol–water partition coefficient (Wildman–Crippen LogP) is 2.27. The summed E-state index contributed by atoms with van der Waals surface area (Å²) < 4.78 is 0. The van der Waals surface area contributed by atoms with Crippen molar-refractivity contribution < 1.29 is 4.79 Å². The normalized spacial score (nSPS) is 14.5. The van der Waals surface area contributed by atoms with Gasteiger partial charge < -0.3 is 4.90 Å². The second-order valence-electron chi connectivity index (χ2n) is 4.39. The predicted molar refractivity (Wildman–Crippen MR) is 61.1 cm³/mol. The van der Waals surface area contributed by atoms with Gasteiger partial charge in [0, 0.05) is 19.7 Å². The van der Waals surface area contributed by atoms with E-state index in [2.05, 4.69) is 12.1 Å². The molecule has 0 saturated carbocycles. The van der Waals surface area contributed by atoms with Crippen molar-refractivity contribution in [3.8, 4) is 0 Å². The molecule has 2 heteroatoms. The van der Waals surface area contributed by atoms with E-state index in [-0.39, 0.29) is 5.91 Å². The van der Waals surface area contributed by atoms with Crippen LogP contribution in [0.4, 0.5) is 0 Å². The van der Waals surface area contributed by atoms with Gasteiger partial charge in [0.1, 0.15) is 0 Å². The van der Waals surface area contributed by atoms with Crippen molar-refractivity contribution in [3.63, 3.8) is 0 Å². The van der Waals surface area contributed by atoms with Gasteiger partial charge >= 0.3 is 0 Å². The number of nitrogens with zero attached hydrogens (tertiary/aromatic N) is 1. The molecular weight excluding hydrogens is 186 g/mol. The van der Waals surface area contributed by atoms with Gasteiger partial charge in [-0.05, 0) is 48.9 Å². The van der Waals surface area contributed by atoms with Crippen molar-refractivity contribution in [2.24, 2.45) is 0 Å². The van der Waals surface area contributed by atoms with E-state index >= 15 is 0 Å². The number of carbonyl (C=O) groups is 1. The zero-order chi connectivity index (χ0) is 10.8. The first-order valence-corrected chi connectivity index (χ1v) is 5.52. The molecule has 1 aromatic rings. The Morgan fingerprint density at radius 2 is 1.80 bits per heavy atom. The molecule has 0 atom stereocenters. The molecular formula is C13H17NO. The third-order valence-corrected chi connectivity index (χ3v) is 3.00. The second kappa shape index (κ2) is 4.05. The molecule has 0 bridgehead atoms. The van der Waals surface area contributed by atoms with Gasteiger partial charge in [-0.15, -0.1) is 0 Å². The Bertz CT molecular complexity index is 382. The number of carbonyl (C=O) groups excluding carboxylic acids is 1. The number of aryl methyl sites for hydroxylation is 2. The van der Waals surface area contributed by atoms with Crippen LogP contribution in [-0.2, 0) is 12.8 Å². The van der Waals surface area contributed by atoms with E-state index in [0.29, 0.717) is 0 Å². The van der Waals surface area contributed by atoms with Crippen LogP contribution >= 0.6 is 0 Å². The number of hydrogen-bond acceptors (Lipinski definition) is 1. The monoisotopic (exact) mass is 203 g/mol. The van der Waals surface area contributed by atoms with Crippen LogP contribution < -0.4 is 0 Å².